The number of likely N-dealkylation sites (N-methyl/N-ethyl adjacent to an activating group) is 1. The maximum Gasteiger partial charge on any atom is 0.251 e. The van der Waals surface area contributed by atoms with Gasteiger partial charge in [-0.2, -0.15) is 4.98 Å². The first-order chi connectivity index (χ1) is 13.1. The standard InChI is InChI=1S/C20H21N5O2/c1-13-5-7-14(8-6-13)19(26)22-16-10-17(25(2)12-16)20-23-18(24-27-20)15-4-3-9-21-11-15/h3-9,11,16-17H,10,12H2,1-2H3,(H,22,26)/t16-,17+/m1/s1. The molecular weight excluding hydrogens is 342 g/mol. The Hall–Kier alpha value is -3.06. The Morgan fingerprint density at radius 1 is 1.26 bits per heavy atom. The molecule has 7 nitrogen and oxygen atoms in total. The smallest absolute Gasteiger partial charge is 0.251 e. The lowest BCUT2D eigenvalue weighted by molar-refractivity contribution is 0.0938. The van der Waals surface area contributed by atoms with E-state index in [9.17, 15) is 4.79 Å². The predicted molar refractivity (Wildman–Crippen MR) is 100.0 cm³/mol. The highest BCUT2D eigenvalue weighted by Gasteiger charge is 2.35. The van der Waals surface area contributed by atoms with Crippen molar-refractivity contribution in [2.45, 2.75) is 25.4 Å². The van der Waals surface area contributed by atoms with Gasteiger partial charge in [-0.15, -0.1) is 0 Å². The lowest BCUT2D eigenvalue weighted by Crippen LogP contribution is -2.36. The summed E-state index contributed by atoms with van der Waals surface area (Å²) in [5.41, 5.74) is 2.62. The summed E-state index contributed by atoms with van der Waals surface area (Å²) in [6.07, 6.45) is 4.14. The molecule has 3 heterocycles. The number of hydrogen-bond acceptors (Lipinski definition) is 6. The molecule has 1 saturated heterocycles. The molecule has 1 N–H and O–H groups in total. The van der Waals surface area contributed by atoms with Gasteiger partial charge in [0.25, 0.3) is 5.91 Å². The number of hydrogen-bond donors (Lipinski definition) is 1. The van der Waals surface area contributed by atoms with Crippen LogP contribution >= 0.6 is 0 Å². The van der Waals surface area contributed by atoms with Gasteiger partial charge in [-0.05, 0) is 44.7 Å². The third kappa shape index (κ3) is 3.73. The van der Waals surface area contributed by atoms with Crippen LogP contribution in [-0.4, -0.2) is 45.6 Å². The summed E-state index contributed by atoms with van der Waals surface area (Å²) >= 11 is 0. The minimum absolute atomic E-state index is 0.0220. The number of benzene rings is 1. The fourth-order valence-corrected chi connectivity index (χ4v) is 3.35. The second-order valence-corrected chi connectivity index (χ2v) is 6.93. The molecular formula is C20H21N5O2. The fraction of sp³-hybridized carbons (Fsp3) is 0.300. The van der Waals surface area contributed by atoms with Crippen LogP contribution in [-0.2, 0) is 0 Å². The van der Waals surface area contributed by atoms with Crippen molar-refractivity contribution in [3.63, 3.8) is 0 Å². The lowest BCUT2D eigenvalue weighted by Gasteiger charge is -2.14. The zero-order valence-electron chi connectivity index (χ0n) is 15.3. The van der Waals surface area contributed by atoms with E-state index in [1.165, 1.54) is 0 Å². The molecule has 1 aliphatic rings. The maximum absolute atomic E-state index is 12.5. The van der Waals surface area contributed by atoms with Gasteiger partial charge in [-0.1, -0.05) is 22.9 Å². The highest BCUT2D eigenvalue weighted by atomic mass is 16.5. The van der Waals surface area contributed by atoms with Crippen molar-refractivity contribution >= 4 is 5.91 Å². The van der Waals surface area contributed by atoms with Gasteiger partial charge < -0.3 is 9.84 Å². The van der Waals surface area contributed by atoms with E-state index >= 15 is 0 Å². The normalized spacial score (nSPS) is 19.9. The van der Waals surface area contributed by atoms with Crippen molar-refractivity contribution < 1.29 is 9.32 Å². The molecule has 1 aliphatic heterocycles. The summed E-state index contributed by atoms with van der Waals surface area (Å²) < 4.78 is 5.48. The number of likely N-dealkylation sites (tertiary alicyclic amines) is 1. The minimum Gasteiger partial charge on any atom is -0.348 e. The van der Waals surface area contributed by atoms with Crippen LogP contribution in [0.4, 0.5) is 0 Å². The van der Waals surface area contributed by atoms with Crippen molar-refractivity contribution in [2.24, 2.45) is 0 Å². The Bertz CT molecular complexity index is 923. The topological polar surface area (TPSA) is 84.2 Å². The zero-order valence-corrected chi connectivity index (χ0v) is 15.3. The summed E-state index contributed by atoms with van der Waals surface area (Å²) in [6.45, 7) is 2.73. The van der Waals surface area contributed by atoms with Gasteiger partial charge in [-0.25, -0.2) is 0 Å². The Kier molecular flexibility index (Phi) is 4.68. The SMILES string of the molecule is Cc1ccc(C(=O)N[C@@H]2C[C@@H](c3nc(-c4cccnc4)no3)N(C)C2)cc1. The molecule has 2 aromatic heterocycles. The minimum atomic E-state index is -0.0596. The quantitative estimate of drug-likeness (QED) is 0.767. The predicted octanol–water partition coefficient (Wildman–Crippen LogP) is 2.62. The summed E-state index contributed by atoms with van der Waals surface area (Å²) in [6, 6.07) is 11.3. The number of nitrogens with one attached hydrogen (secondary N) is 1. The van der Waals surface area contributed by atoms with Crippen LogP contribution in [0.5, 0.6) is 0 Å². The van der Waals surface area contributed by atoms with Crippen molar-refractivity contribution in [1.29, 1.82) is 0 Å². The van der Waals surface area contributed by atoms with Crippen LogP contribution in [0.25, 0.3) is 11.4 Å². The molecule has 27 heavy (non-hydrogen) atoms. The maximum atomic E-state index is 12.5. The molecule has 7 heteroatoms. The number of nitrogens with zero attached hydrogens (tertiary/aromatic N) is 4. The first-order valence-corrected chi connectivity index (χ1v) is 8.92. The Balaban J connectivity index is 1.43. The molecule has 0 saturated carbocycles. The number of aryl methyl sites for hydroxylation is 1. The van der Waals surface area contributed by atoms with E-state index < -0.39 is 0 Å². The number of carbonyl (C=O) groups is 1. The molecule has 0 radical (unpaired) electrons. The number of amides is 1. The molecule has 0 unspecified atom stereocenters. The fourth-order valence-electron chi connectivity index (χ4n) is 3.35. The third-order valence-corrected chi connectivity index (χ3v) is 4.84. The molecule has 4 rings (SSSR count). The average molecular weight is 363 g/mol. The highest BCUT2D eigenvalue weighted by Crippen LogP contribution is 2.30. The summed E-state index contributed by atoms with van der Waals surface area (Å²) in [5, 5.41) is 7.17. The molecule has 2 atom stereocenters. The van der Waals surface area contributed by atoms with E-state index in [-0.39, 0.29) is 18.0 Å². The van der Waals surface area contributed by atoms with Gasteiger partial charge in [0.05, 0.1) is 6.04 Å². The van der Waals surface area contributed by atoms with Crippen molar-refractivity contribution in [2.75, 3.05) is 13.6 Å². The first kappa shape index (κ1) is 17.4. The van der Waals surface area contributed by atoms with E-state index in [4.69, 9.17) is 4.52 Å². The molecule has 138 valence electrons. The molecule has 0 bridgehead atoms. The Labute approximate surface area is 157 Å². The Morgan fingerprint density at radius 3 is 2.81 bits per heavy atom. The van der Waals surface area contributed by atoms with Gasteiger partial charge in [0.2, 0.25) is 11.7 Å². The summed E-state index contributed by atoms with van der Waals surface area (Å²) in [7, 11) is 2.00. The van der Waals surface area contributed by atoms with Crippen LogP contribution in [0.3, 0.4) is 0 Å². The van der Waals surface area contributed by atoms with E-state index in [1.54, 1.807) is 12.4 Å². The average Bonchev–Trinajstić information content (AvgIpc) is 3.29. The Morgan fingerprint density at radius 2 is 2.07 bits per heavy atom. The monoisotopic (exact) mass is 363 g/mol. The van der Waals surface area contributed by atoms with Crippen molar-refractivity contribution in [1.82, 2.24) is 25.3 Å². The van der Waals surface area contributed by atoms with Gasteiger partial charge in [0, 0.05) is 36.1 Å². The van der Waals surface area contributed by atoms with Crippen LogP contribution < -0.4 is 5.32 Å². The van der Waals surface area contributed by atoms with Crippen LogP contribution in [0.2, 0.25) is 0 Å². The van der Waals surface area contributed by atoms with E-state index in [0.717, 1.165) is 24.1 Å². The summed E-state index contributed by atoms with van der Waals surface area (Å²) in [4.78, 5) is 23.2. The van der Waals surface area contributed by atoms with Gasteiger partial charge in [0.15, 0.2) is 0 Å². The van der Waals surface area contributed by atoms with Crippen molar-refractivity contribution in [3.8, 4) is 11.4 Å². The van der Waals surface area contributed by atoms with E-state index in [1.807, 2.05) is 50.4 Å². The first-order valence-electron chi connectivity index (χ1n) is 8.92. The summed E-state index contributed by atoms with van der Waals surface area (Å²) in [5.74, 6) is 1.03. The number of pyridine rings is 1. The van der Waals surface area contributed by atoms with Gasteiger partial charge >= 0.3 is 0 Å². The molecule has 0 aliphatic carbocycles. The molecule has 1 amide bonds. The van der Waals surface area contributed by atoms with Crippen LogP contribution in [0.1, 0.15) is 34.3 Å². The molecule has 0 spiro atoms. The largest absolute Gasteiger partial charge is 0.348 e. The zero-order chi connectivity index (χ0) is 18.8. The molecule has 3 aromatic rings. The number of rotatable bonds is 4. The van der Waals surface area contributed by atoms with E-state index in [2.05, 4.69) is 25.3 Å². The van der Waals surface area contributed by atoms with Crippen LogP contribution in [0, 0.1) is 6.92 Å². The highest BCUT2D eigenvalue weighted by molar-refractivity contribution is 5.94. The van der Waals surface area contributed by atoms with Crippen molar-refractivity contribution in [3.05, 3.63) is 65.8 Å². The van der Waals surface area contributed by atoms with Gasteiger partial charge in [0.1, 0.15) is 0 Å². The third-order valence-electron chi connectivity index (χ3n) is 4.84. The second kappa shape index (κ2) is 7.28. The van der Waals surface area contributed by atoms with Gasteiger partial charge in [-0.3, -0.25) is 14.7 Å². The molecule has 1 fully saturated rings. The second-order valence-electron chi connectivity index (χ2n) is 6.93. The number of carbonyl (C=O) groups excluding carboxylic acids is 1. The molecule has 1 aromatic carbocycles. The van der Waals surface area contributed by atoms with Crippen LogP contribution in [0.15, 0.2) is 53.3 Å². The number of aromatic nitrogens is 3. The lowest BCUT2D eigenvalue weighted by atomic mass is 10.1. The van der Waals surface area contributed by atoms with E-state index in [0.29, 0.717) is 17.3 Å².